The molecule has 0 aliphatic rings. The highest BCUT2D eigenvalue weighted by atomic mass is 32.1. The highest BCUT2D eigenvalue weighted by Crippen LogP contribution is 2.06. The van der Waals surface area contributed by atoms with Gasteiger partial charge in [0.15, 0.2) is 0 Å². The molecule has 10 heavy (non-hydrogen) atoms. The average molecular weight is 152 g/mol. The molecule has 0 saturated carbocycles. The van der Waals surface area contributed by atoms with E-state index in [1.807, 2.05) is 6.92 Å². The van der Waals surface area contributed by atoms with Crippen LogP contribution in [0.3, 0.4) is 0 Å². The zero-order valence-corrected chi connectivity index (χ0v) is 6.27. The van der Waals surface area contributed by atoms with Crippen LogP contribution in [0.1, 0.15) is 5.69 Å². The predicted octanol–water partition coefficient (Wildman–Crippen LogP) is 2.04. The Labute approximate surface area is 63.6 Å². The van der Waals surface area contributed by atoms with E-state index in [0.717, 1.165) is 5.69 Å². The first-order valence-corrected chi connectivity index (χ1v) is 3.12. The van der Waals surface area contributed by atoms with Crippen LogP contribution >= 0.6 is 12.2 Å². The number of hydrogen-bond donors (Lipinski definition) is 1. The van der Waals surface area contributed by atoms with E-state index in [9.17, 15) is 0 Å². The van der Waals surface area contributed by atoms with Gasteiger partial charge in [0.25, 0.3) is 0 Å². The predicted molar refractivity (Wildman–Crippen MR) is 42.1 cm³/mol. The molecule has 0 unspecified atom stereocenters. The van der Waals surface area contributed by atoms with Gasteiger partial charge in [-0.1, -0.05) is 0 Å². The monoisotopic (exact) mass is 152 g/mol. The average Bonchev–Trinajstić information content (AvgIpc) is 1.85. The topological polar surface area (TPSA) is 33.0 Å². The third kappa shape index (κ3) is 1.39. The quantitative estimate of drug-likeness (QED) is 0.577. The fourth-order valence-electron chi connectivity index (χ4n) is 0.629. The number of aromatic nitrogens is 2. The molecule has 1 rings (SSSR count). The van der Waals surface area contributed by atoms with Gasteiger partial charge in [-0.15, -0.1) is 0 Å². The number of nitrogens with zero attached hydrogens (tertiary/aromatic N) is 2. The molecule has 50 valence electrons. The molecule has 0 aliphatic heterocycles. The summed E-state index contributed by atoms with van der Waals surface area (Å²) in [6.07, 6.45) is 0. The molecule has 0 aliphatic carbocycles. The van der Waals surface area contributed by atoms with Crippen LogP contribution in [0, 0.1) is 18.3 Å². The van der Waals surface area contributed by atoms with E-state index < -0.39 is 0 Å². The van der Waals surface area contributed by atoms with E-state index in [1.165, 1.54) is 0 Å². The third-order valence-electron chi connectivity index (χ3n) is 0.998. The van der Waals surface area contributed by atoms with Crippen LogP contribution < -0.4 is 0 Å². The minimum atomic E-state index is 0.407. The molecule has 0 spiro atoms. The van der Waals surface area contributed by atoms with Gasteiger partial charge in [0.05, 0.1) is 6.07 Å². The second kappa shape index (κ2) is 2.58. The Morgan fingerprint density at radius 2 is 2.50 bits per heavy atom. The van der Waals surface area contributed by atoms with Gasteiger partial charge >= 0.3 is 10.6 Å². The van der Waals surface area contributed by atoms with Crippen molar-refractivity contribution in [1.29, 1.82) is 0 Å². The smallest absolute Gasteiger partial charge is 0.313 e. The Bertz CT molecular complexity index is 334. The lowest BCUT2D eigenvalue weighted by Crippen LogP contribution is -1.83. The van der Waals surface area contributed by atoms with Crippen LogP contribution in [0.2, 0.25) is 0 Å². The fraction of sp³-hybridized carbons (Fsp3) is 0.167. The largest absolute Gasteiger partial charge is 0.429 e. The summed E-state index contributed by atoms with van der Waals surface area (Å²) < 4.78 is 0.407. The van der Waals surface area contributed by atoms with E-state index >= 15 is 0 Å². The normalized spacial score (nSPS) is 8.80. The molecule has 0 aromatic carbocycles. The first-order valence-electron chi connectivity index (χ1n) is 2.71. The Morgan fingerprint density at radius 1 is 1.80 bits per heavy atom. The molecular weight excluding hydrogens is 146 g/mol. The molecule has 0 atom stereocenters. The Morgan fingerprint density at radius 3 is 3.00 bits per heavy atom. The number of aromatic amines is 1. The Balaban J connectivity index is 3.36. The van der Waals surface area contributed by atoms with Crippen molar-refractivity contribution in [1.82, 2.24) is 9.97 Å². The summed E-state index contributed by atoms with van der Waals surface area (Å²) in [4.78, 5) is 10.0. The molecule has 0 radical (unpaired) electrons. The molecule has 1 aromatic heterocycles. The van der Waals surface area contributed by atoms with Crippen LogP contribution in [-0.4, -0.2) is 9.97 Å². The van der Waals surface area contributed by atoms with Crippen molar-refractivity contribution in [2.24, 2.45) is 0 Å². The van der Waals surface area contributed by atoms with Gasteiger partial charge in [-0.25, -0.2) is 0 Å². The molecule has 3 nitrogen and oxygen atoms in total. The lowest BCUT2D eigenvalue weighted by atomic mass is 10.4. The fourth-order valence-corrected chi connectivity index (χ4v) is 0.883. The Hall–Kier alpha value is -1.21. The molecule has 0 bridgehead atoms. The highest BCUT2D eigenvalue weighted by Gasteiger charge is 2.02. The van der Waals surface area contributed by atoms with Crippen molar-refractivity contribution in [2.45, 2.75) is 6.92 Å². The van der Waals surface area contributed by atoms with Gasteiger partial charge in [0, 0.05) is 10.7 Å². The molecule has 0 saturated heterocycles. The van der Waals surface area contributed by atoms with Crippen molar-refractivity contribution >= 4 is 18.0 Å². The van der Waals surface area contributed by atoms with E-state index in [0.29, 0.717) is 10.6 Å². The third-order valence-corrected chi connectivity index (χ3v) is 1.19. The maximum absolute atomic E-state index is 4.99. The maximum Gasteiger partial charge on any atom is 0.429 e. The SMILES string of the molecule is C#[N+]c1cc(C)[nH]c(=S)n1. The number of aryl methyl sites for hydroxylation is 1. The number of rotatable bonds is 0. The summed E-state index contributed by atoms with van der Waals surface area (Å²) in [7, 11) is 0. The molecule has 1 N–H and O–H groups in total. The minimum Gasteiger partial charge on any atom is -0.313 e. The zero-order chi connectivity index (χ0) is 7.56. The molecule has 0 fully saturated rings. The van der Waals surface area contributed by atoms with Gasteiger partial charge < -0.3 is 4.98 Å². The van der Waals surface area contributed by atoms with Crippen molar-refractivity contribution in [2.75, 3.05) is 0 Å². The van der Waals surface area contributed by atoms with Crippen molar-refractivity contribution < 1.29 is 0 Å². The van der Waals surface area contributed by atoms with Gasteiger partial charge in [0.1, 0.15) is 6.57 Å². The van der Waals surface area contributed by atoms with Crippen LogP contribution in [-0.2, 0) is 0 Å². The summed E-state index contributed by atoms with van der Waals surface area (Å²) >= 11 is 4.77. The Kier molecular flexibility index (Phi) is 1.78. The van der Waals surface area contributed by atoms with Crippen LogP contribution in [0.5, 0.6) is 0 Å². The van der Waals surface area contributed by atoms with Crippen molar-refractivity contribution in [3.63, 3.8) is 0 Å². The lowest BCUT2D eigenvalue weighted by Gasteiger charge is -1.83. The number of hydrogen-bond acceptors (Lipinski definition) is 2. The second-order valence-corrected chi connectivity index (χ2v) is 2.24. The van der Waals surface area contributed by atoms with E-state index in [-0.39, 0.29) is 0 Å². The molecule has 4 heteroatoms. The van der Waals surface area contributed by atoms with E-state index in [1.54, 1.807) is 6.07 Å². The van der Waals surface area contributed by atoms with Crippen molar-refractivity contribution in [3.05, 3.63) is 21.4 Å². The zero-order valence-electron chi connectivity index (χ0n) is 5.46. The summed E-state index contributed by atoms with van der Waals surface area (Å²) in [5, 5.41) is 0. The van der Waals surface area contributed by atoms with E-state index in [4.69, 9.17) is 18.8 Å². The molecular formula is C6H6N3S+. The molecule has 0 amide bonds. The van der Waals surface area contributed by atoms with Crippen LogP contribution in [0.15, 0.2) is 6.07 Å². The highest BCUT2D eigenvalue weighted by molar-refractivity contribution is 7.71. The number of nitrogens with one attached hydrogen (secondary N) is 1. The first-order chi connectivity index (χ1) is 4.72. The van der Waals surface area contributed by atoms with Crippen LogP contribution in [0.4, 0.5) is 5.82 Å². The summed E-state index contributed by atoms with van der Waals surface area (Å²) in [5.74, 6) is 0.459. The second-order valence-electron chi connectivity index (χ2n) is 1.86. The van der Waals surface area contributed by atoms with Gasteiger partial charge in [-0.2, -0.15) is 4.85 Å². The minimum absolute atomic E-state index is 0.407. The molecule has 1 aromatic rings. The van der Waals surface area contributed by atoms with E-state index in [2.05, 4.69) is 14.8 Å². The summed E-state index contributed by atoms with van der Waals surface area (Å²) in [6, 6.07) is 1.72. The lowest BCUT2D eigenvalue weighted by molar-refractivity contribution is 1.09. The van der Waals surface area contributed by atoms with Crippen molar-refractivity contribution in [3.8, 4) is 6.57 Å². The first kappa shape index (κ1) is 6.90. The van der Waals surface area contributed by atoms with Crippen LogP contribution in [0.25, 0.3) is 4.85 Å². The van der Waals surface area contributed by atoms with Gasteiger partial charge in [0.2, 0.25) is 0 Å². The van der Waals surface area contributed by atoms with Gasteiger partial charge in [-0.3, -0.25) is 0 Å². The van der Waals surface area contributed by atoms with Gasteiger partial charge in [-0.05, 0) is 19.1 Å². The summed E-state index contributed by atoms with van der Waals surface area (Å²) in [5.41, 5.74) is 0.907. The molecule has 1 heterocycles. The number of H-pyrrole nitrogens is 1. The summed E-state index contributed by atoms with van der Waals surface area (Å²) in [6.45, 7) is 6.86. The maximum atomic E-state index is 4.99. The standard InChI is InChI=1S/C6H5N3S/c1-4-3-5(7-2)9-6(10)8-4/h2-3H,1H3/p+1.